The molecule has 0 fully saturated rings. The van der Waals surface area contributed by atoms with Gasteiger partial charge in [0.05, 0.1) is 18.9 Å². The summed E-state index contributed by atoms with van der Waals surface area (Å²) in [6.07, 6.45) is 1.43. The molecule has 1 amide bonds. The highest BCUT2D eigenvalue weighted by Crippen LogP contribution is 2.22. The zero-order valence-electron chi connectivity index (χ0n) is 11.1. The van der Waals surface area contributed by atoms with E-state index in [1.807, 2.05) is 0 Å². The number of hydrogen-bond acceptors (Lipinski definition) is 3. The first-order chi connectivity index (χ1) is 10.1. The van der Waals surface area contributed by atoms with Crippen LogP contribution >= 0.6 is 15.9 Å². The van der Waals surface area contributed by atoms with Crippen molar-refractivity contribution in [2.45, 2.75) is 0 Å². The number of ether oxygens (including phenoxy) is 1. The van der Waals surface area contributed by atoms with Gasteiger partial charge in [-0.15, -0.1) is 0 Å². The maximum absolute atomic E-state index is 12.7. The summed E-state index contributed by atoms with van der Waals surface area (Å²) in [5.41, 5.74) is 3.44. The lowest BCUT2D eigenvalue weighted by atomic mass is 10.2. The zero-order chi connectivity index (χ0) is 15.2. The van der Waals surface area contributed by atoms with Crippen LogP contribution in [0.1, 0.15) is 15.9 Å². The number of rotatable bonds is 4. The Morgan fingerprint density at radius 1 is 1.29 bits per heavy atom. The number of methoxy groups -OCH3 is 1. The molecule has 2 aromatic carbocycles. The maximum Gasteiger partial charge on any atom is 0.275 e. The van der Waals surface area contributed by atoms with E-state index in [1.54, 1.807) is 30.3 Å². The summed E-state index contributed by atoms with van der Waals surface area (Å²) in [6, 6.07) is 10.9. The van der Waals surface area contributed by atoms with Crippen LogP contribution in [0, 0.1) is 5.82 Å². The molecule has 0 aliphatic rings. The van der Waals surface area contributed by atoms with Crippen LogP contribution < -0.4 is 10.2 Å². The van der Waals surface area contributed by atoms with Crippen molar-refractivity contribution in [2.24, 2.45) is 5.10 Å². The van der Waals surface area contributed by atoms with Gasteiger partial charge in [0.1, 0.15) is 11.6 Å². The lowest BCUT2D eigenvalue weighted by Crippen LogP contribution is -2.18. The molecule has 0 atom stereocenters. The molecule has 0 radical (unpaired) electrons. The van der Waals surface area contributed by atoms with Crippen LogP contribution in [0.4, 0.5) is 4.39 Å². The van der Waals surface area contributed by atoms with Crippen molar-refractivity contribution >= 4 is 28.1 Å². The zero-order valence-corrected chi connectivity index (χ0v) is 12.7. The summed E-state index contributed by atoms with van der Waals surface area (Å²) in [5.74, 6) is -0.269. The first kappa shape index (κ1) is 15.2. The normalized spacial score (nSPS) is 10.6. The second-order valence-corrected chi connectivity index (χ2v) is 5.01. The van der Waals surface area contributed by atoms with Crippen molar-refractivity contribution < 1.29 is 13.9 Å². The highest BCUT2D eigenvalue weighted by molar-refractivity contribution is 9.10. The van der Waals surface area contributed by atoms with Crippen molar-refractivity contribution in [1.29, 1.82) is 0 Å². The monoisotopic (exact) mass is 350 g/mol. The summed E-state index contributed by atoms with van der Waals surface area (Å²) in [5, 5.41) is 3.83. The van der Waals surface area contributed by atoms with Crippen LogP contribution in [-0.2, 0) is 0 Å². The molecule has 4 nitrogen and oxygen atoms in total. The summed E-state index contributed by atoms with van der Waals surface area (Å²) in [4.78, 5) is 12.0. The first-order valence-electron chi connectivity index (χ1n) is 6.02. The molecule has 6 heteroatoms. The fourth-order valence-electron chi connectivity index (χ4n) is 1.63. The first-order valence-corrected chi connectivity index (χ1v) is 6.82. The summed E-state index contributed by atoms with van der Waals surface area (Å²) < 4.78 is 18.6. The fourth-order valence-corrected chi connectivity index (χ4v) is 1.99. The van der Waals surface area contributed by atoms with Gasteiger partial charge in [-0.3, -0.25) is 4.79 Å². The Morgan fingerprint density at radius 2 is 2.00 bits per heavy atom. The Morgan fingerprint density at radius 3 is 2.67 bits per heavy atom. The standard InChI is InChI=1S/C15H12BrFN2O2/c1-21-14-7-4-11(16)8-13(14)15(20)19-18-9-10-2-5-12(17)6-3-10/h2-9H,1H3,(H,19,20)/b18-9-. The van der Waals surface area contributed by atoms with E-state index in [-0.39, 0.29) is 5.82 Å². The van der Waals surface area contributed by atoms with Gasteiger partial charge in [0.15, 0.2) is 0 Å². The number of halogens is 2. The van der Waals surface area contributed by atoms with Crippen molar-refractivity contribution in [3.8, 4) is 5.75 Å². The van der Waals surface area contributed by atoms with E-state index in [4.69, 9.17) is 4.74 Å². The van der Waals surface area contributed by atoms with Gasteiger partial charge in [0.25, 0.3) is 5.91 Å². The molecule has 21 heavy (non-hydrogen) atoms. The van der Waals surface area contributed by atoms with Crippen molar-refractivity contribution in [1.82, 2.24) is 5.43 Å². The van der Waals surface area contributed by atoms with Gasteiger partial charge in [-0.1, -0.05) is 28.1 Å². The van der Waals surface area contributed by atoms with Gasteiger partial charge in [0, 0.05) is 4.47 Å². The lowest BCUT2D eigenvalue weighted by Gasteiger charge is -2.07. The third-order valence-corrected chi connectivity index (χ3v) is 3.15. The van der Waals surface area contributed by atoms with Gasteiger partial charge in [-0.25, -0.2) is 9.82 Å². The van der Waals surface area contributed by atoms with Crippen LogP contribution in [0.5, 0.6) is 5.75 Å². The molecule has 108 valence electrons. The predicted octanol–water partition coefficient (Wildman–Crippen LogP) is 3.36. The topological polar surface area (TPSA) is 50.7 Å². The maximum atomic E-state index is 12.7. The van der Waals surface area contributed by atoms with Gasteiger partial charge in [-0.05, 0) is 35.9 Å². The van der Waals surface area contributed by atoms with Gasteiger partial charge in [-0.2, -0.15) is 5.10 Å². The lowest BCUT2D eigenvalue weighted by molar-refractivity contribution is 0.0952. The molecule has 2 rings (SSSR count). The predicted molar refractivity (Wildman–Crippen MR) is 82.2 cm³/mol. The Labute approximate surface area is 129 Å². The minimum atomic E-state index is -0.397. The molecule has 0 bridgehead atoms. The van der Waals surface area contributed by atoms with E-state index in [0.717, 1.165) is 4.47 Å². The van der Waals surface area contributed by atoms with Gasteiger partial charge >= 0.3 is 0 Å². The second-order valence-electron chi connectivity index (χ2n) is 4.10. The quantitative estimate of drug-likeness (QED) is 0.678. The fraction of sp³-hybridized carbons (Fsp3) is 0.0667. The summed E-state index contributed by atoms with van der Waals surface area (Å²) in [6.45, 7) is 0. The Balaban J connectivity index is 2.08. The van der Waals surface area contributed by atoms with Gasteiger partial charge in [0.2, 0.25) is 0 Å². The minimum absolute atomic E-state index is 0.324. The van der Waals surface area contributed by atoms with Crippen LogP contribution in [-0.4, -0.2) is 19.2 Å². The number of benzene rings is 2. The molecule has 0 aliphatic heterocycles. The average Bonchev–Trinajstić information content (AvgIpc) is 2.49. The number of hydrogen-bond donors (Lipinski definition) is 1. The molecular formula is C15H12BrFN2O2. The number of nitrogens with one attached hydrogen (secondary N) is 1. The number of carbonyl (C=O) groups is 1. The largest absolute Gasteiger partial charge is 0.496 e. The molecule has 1 N–H and O–H groups in total. The molecule has 0 aliphatic carbocycles. The summed E-state index contributed by atoms with van der Waals surface area (Å²) in [7, 11) is 1.49. The van der Waals surface area contributed by atoms with Crippen LogP contribution in [0.25, 0.3) is 0 Å². The third-order valence-electron chi connectivity index (χ3n) is 2.66. The summed E-state index contributed by atoms with van der Waals surface area (Å²) >= 11 is 3.30. The van der Waals surface area contributed by atoms with E-state index in [1.165, 1.54) is 25.5 Å². The molecule has 0 aromatic heterocycles. The molecule has 2 aromatic rings. The van der Waals surface area contributed by atoms with E-state index in [2.05, 4.69) is 26.5 Å². The Hall–Kier alpha value is -2.21. The minimum Gasteiger partial charge on any atom is -0.496 e. The highest BCUT2D eigenvalue weighted by Gasteiger charge is 2.11. The van der Waals surface area contributed by atoms with E-state index in [0.29, 0.717) is 16.9 Å². The highest BCUT2D eigenvalue weighted by atomic mass is 79.9. The van der Waals surface area contributed by atoms with Crippen molar-refractivity contribution in [3.05, 3.63) is 63.9 Å². The molecule has 0 saturated heterocycles. The smallest absolute Gasteiger partial charge is 0.275 e. The van der Waals surface area contributed by atoms with Crippen LogP contribution in [0.3, 0.4) is 0 Å². The van der Waals surface area contributed by atoms with Crippen LogP contribution in [0.2, 0.25) is 0 Å². The van der Waals surface area contributed by atoms with Crippen molar-refractivity contribution in [2.75, 3.05) is 7.11 Å². The third kappa shape index (κ3) is 4.13. The van der Waals surface area contributed by atoms with E-state index >= 15 is 0 Å². The Bertz CT molecular complexity index is 672. The molecular weight excluding hydrogens is 339 g/mol. The molecule has 0 saturated carbocycles. The van der Waals surface area contributed by atoms with Crippen LogP contribution in [0.15, 0.2) is 52.0 Å². The average molecular weight is 351 g/mol. The number of amides is 1. The van der Waals surface area contributed by atoms with E-state index < -0.39 is 5.91 Å². The van der Waals surface area contributed by atoms with Gasteiger partial charge < -0.3 is 4.74 Å². The second kappa shape index (κ2) is 6.99. The number of hydrazone groups is 1. The molecule has 0 unspecified atom stereocenters. The number of nitrogens with zero attached hydrogens (tertiary/aromatic N) is 1. The molecule has 0 heterocycles. The van der Waals surface area contributed by atoms with E-state index in [9.17, 15) is 9.18 Å². The Kier molecular flexibility index (Phi) is 5.05. The number of carbonyl (C=O) groups excluding carboxylic acids is 1. The van der Waals surface area contributed by atoms with Crippen molar-refractivity contribution in [3.63, 3.8) is 0 Å². The molecule has 0 spiro atoms. The SMILES string of the molecule is COc1ccc(Br)cc1C(=O)N/N=C\c1ccc(F)cc1.